The van der Waals surface area contributed by atoms with Gasteiger partial charge in [0.25, 0.3) is 0 Å². The summed E-state index contributed by atoms with van der Waals surface area (Å²) in [6.07, 6.45) is 28.4. The molecule has 2 aromatic carbocycles. The molecule has 0 heteroatoms. The second-order valence-corrected chi connectivity index (χ2v) is 11.5. The molecule has 4 rings (SSSR count). The van der Waals surface area contributed by atoms with Crippen molar-refractivity contribution in [3.63, 3.8) is 0 Å². The van der Waals surface area contributed by atoms with E-state index in [2.05, 4.69) is 75.6 Å². The number of unbranched alkanes of at least 4 members (excludes halogenated alkanes) is 8. The molecular weight excluding hydrogens is 444 g/mol. The van der Waals surface area contributed by atoms with Crippen molar-refractivity contribution in [2.24, 2.45) is 0 Å². The smallest absolute Gasteiger partial charge is 0.000719 e. The lowest BCUT2D eigenvalue weighted by Gasteiger charge is -2.23. The Hall–Kier alpha value is -2.60. The van der Waals surface area contributed by atoms with Gasteiger partial charge in [-0.3, -0.25) is 0 Å². The summed E-state index contributed by atoms with van der Waals surface area (Å²) < 4.78 is 0. The van der Waals surface area contributed by atoms with E-state index in [1.165, 1.54) is 86.5 Å². The molecule has 2 aliphatic rings. The van der Waals surface area contributed by atoms with Gasteiger partial charge in [0.15, 0.2) is 0 Å². The van der Waals surface area contributed by atoms with Crippen molar-refractivity contribution < 1.29 is 0 Å². The van der Waals surface area contributed by atoms with Crippen LogP contribution in [0.15, 0.2) is 67.8 Å². The molecule has 37 heavy (non-hydrogen) atoms. The van der Waals surface area contributed by atoms with E-state index in [4.69, 9.17) is 0 Å². The first kappa shape index (κ1) is 27.4. The zero-order chi connectivity index (χ0) is 26.0. The molecule has 196 valence electrons. The molecule has 0 spiro atoms. The molecule has 0 heterocycles. The van der Waals surface area contributed by atoms with Gasteiger partial charge in [-0.1, -0.05) is 94.2 Å². The highest BCUT2D eigenvalue weighted by Gasteiger charge is 2.28. The largest absolute Gasteiger partial charge is 0.103 e. The number of aryl methyl sites for hydroxylation is 1. The van der Waals surface area contributed by atoms with Crippen molar-refractivity contribution in [2.75, 3.05) is 0 Å². The Balaban J connectivity index is 1.58. The van der Waals surface area contributed by atoms with Gasteiger partial charge in [-0.2, -0.15) is 0 Å². The molecule has 2 aromatic rings. The minimum atomic E-state index is 0.541. The van der Waals surface area contributed by atoms with Gasteiger partial charge in [-0.15, -0.1) is 13.2 Å². The van der Waals surface area contributed by atoms with Crippen molar-refractivity contribution in [3.8, 4) is 11.1 Å². The van der Waals surface area contributed by atoms with E-state index in [1.54, 1.807) is 27.8 Å². The van der Waals surface area contributed by atoms with Crippen LogP contribution in [0.4, 0.5) is 0 Å². The molecule has 0 amide bonds. The van der Waals surface area contributed by atoms with Crippen LogP contribution in [0.3, 0.4) is 0 Å². The molecule has 0 radical (unpaired) electrons. The van der Waals surface area contributed by atoms with Gasteiger partial charge in [0, 0.05) is 0 Å². The van der Waals surface area contributed by atoms with Crippen LogP contribution in [0.1, 0.15) is 124 Å². The number of hydrogen-bond donors (Lipinski definition) is 0. The lowest BCUT2D eigenvalue weighted by molar-refractivity contribution is 0.642. The van der Waals surface area contributed by atoms with Crippen molar-refractivity contribution in [1.82, 2.24) is 0 Å². The highest BCUT2D eigenvalue weighted by molar-refractivity contribution is 5.87. The minimum Gasteiger partial charge on any atom is -0.103 e. The summed E-state index contributed by atoms with van der Waals surface area (Å²) in [6, 6.07) is 9.94. The van der Waals surface area contributed by atoms with Gasteiger partial charge in [-0.25, -0.2) is 0 Å². The van der Waals surface area contributed by atoms with Crippen molar-refractivity contribution in [2.45, 2.75) is 110 Å². The van der Waals surface area contributed by atoms with Crippen LogP contribution in [-0.4, -0.2) is 0 Å². The molecule has 0 aliphatic heterocycles. The fourth-order valence-electron chi connectivity index (χ4n) is 6.34. The number of benzene rings is 2. The lowest BCUT2D eigenvalue weighted by atomic mass is 9.82. The maximum Gasteiger partial charge on any atom is -0.000719 e. The minimum absolute atomic E-state index is 0.541. The molecule has 0 N–H and O–H groups in total. The molecule has 0 aromatic heterocycles. The summed E-state index contributed by atoms with van der Waals surface area (Å²) in [5.41, 5.74) is 14.0. The van der Waals surface area contributed by atoms with Gasteiger partial charge in [0.05, 0.1) is 0 Å². The van der Waals surface area contributed by atoms with Crippen LogP contribution >= 0.6 is 0 Å². The molecule has 0 bridgehead atoms. The molecule has 2 aliphatic carbocycles. The van der Waals surface area contributed by atoms with Gasteiger partial charge >= 0.3 is 0 Å². The first-order valence-electron chi connectivity index (χ1n) is 15.0. The van der Waals surface area contributed by atoms with Gasteiger partial charge in [-0.05, 0) is 120 Å². The first-order valence-corrected chi connectivity index (χ1v) is 15.0. The third-order valence-corrected chi connectivity index (χ3v) is 8.33. The molecule has 0 atom stereocenters. The quantitative estimate of drug-likeness (QED) is 0.138. The Morgan fingerprint density at radius 2 is 1.51 bits per heavy atom. The molecular formula is C37H48. The summed E-state index contributed by atoms with van der Waals surface area (Å²) in [7, 11) is 0. The predicted molar refractivity (Wildman–Crippen MR) is 164 cm³/mol. The second-order valence-electron chi connectivity index (χ2n) is 11.5. The van der Waals surface area contributed by atoms with Gasteiger partial charge in [0.2, 0.25) is 0 Å². The molecule has 0 saturated heterocycles. The number of rotatable bonds is 16. The Labute approximate surface area is 227 Å². The zero-order valence-corrected chi connectivity index (χ0v) is 23.6. The SMILES string of the molecule is C=CCCCCCCc1ccc2c(c1)Cc1c-2cc(C(C)C)c(CCCCCCC=C)c1C1=CC=CC1. The lowest BCUT2D eigenvalue weighted by Crippen LogP contribution is -2.06. The summed E-state index contributed by atoms with van der Waals surface area (Å²) in [4.78, 5) is 0. The molecule has 0 fully saturated rings. The van der Waals surface area contributed by atoms with E-state index in [0.717, 1.165) is 25.7 Å². The topological polar surface area (TPSA) is 0 Å². The second kappa shape index (κ2) is 13.8. The van der Waals surface area contributed by atoms with E-state index in [0.29, 0.717) is 5.92 Å². The normalized spacial score (nSPS) is 13.6. The fraction of sp³-hybridized carbons (Fsp3) is 0.459. The maximum absolute atomic E-state index is 3.88. The Morgan fingerprint density at radius 3 is 2.16 bits per heavy atom. The van der Waals surface area contributed by atoms with Crippen molar-refractivity contribution in [3.05, 3.63) is 101 Å². The maximum atomic E-state index is 3.88. The van der Waals surface area contributed by atoms with Crippen molar-refractivity contribution in [1.29, 1.82) is 0 Å². The summed E-state index contributed by atoms with van der Waals surface area (Å²) >= 11 is 0. The Morgan fingerprint density at radius 1 is 0.811 bits per heavy atom. The zero-order valence-electron chi connectivity index (χ0n) is 23.6. The molecule has 0 unspecified atom stereocenters. The van der Waals surface area contributed by atoms with E-state index in [-0.39, 0.29) is 0 Å². The molecule has 0 saturated carbocycles. The van der Waals surface area contributed by atoms with Crippen LogP contribution in [0.2, 0.25) is 0 Å². The monoisotopic (exact) mass is 492 g/mol. The Kier molecular flexibility index (Phi) is 10.2. The summed E-state index contributed by atoms with van der Waals surface area (Å²) in [5.74, 6) is 0.541. The van der Waals surface area contributed by atoms with Crippen LogP contribution in [0.5, 0.6) is 0 Å². The number of allylic oxidation sites excluding steroid dienone is 6. The van der Waals surface area contributed by atoms with E-state index < -0.39 is 0 Å². The average Bonchev–Trinajstić information content (AvgIpc) is 3.55. The van der Waals surface area contributed by atoms with Crippen LogP contribution in [-0.2, 0) is 19.3 Å². The molecule has 0 nitrogen and oxygen atoms in total. The summed E-state index contributed by atoms with van der Waals surface area (Å²) in [5, 5.41) is 0. The van der Waals surface area contributed by atoms with Gasteiger partial charge < -0.3 is 0 Å². The standard InChI is InChI=1S/C37H48/c1-5-7-9-11-13-15-19-29-23-24-32-31(25-29)26-36-35(32)27-34(28(3)4)33(22-16-14-12-10-8-6-2)37(36)30-20-17-18-21-30/h5-6,17-18,20,23-25,27-28H,1-2,7-16,19,21-22,26H2,3-4H3. The first-order chi connectivity index (χ1) is 18.1. The van der Waals surface area contributed by atoms with E-state index in [1.807, 2.05) is 6.08 Å². The van der Waals surface area contributed by atoms with Crippen LogP contribution < -0.4 is 0 Å². The van der Waals surface area contributed by atoms with Crippen LogP contribution in [0, 0.1) is 0 Å². The highest BCUT2D eigenvalue weighted by Crippen LogP contribution is 2.46. The highest BCUT2D eigenvalue weighted by atomic mass is 14.3. The van der Waals surface area contributed by atoms with Crippen molar-refractivity contribution >= 4 is 5.57 Å². The third-order valence-electron chi connectivity index (χ3n) is 8.33. The summed E-state index contributed by atoms with van der Waals surface area (Å²) in [6.45, 7) is 12.5. The fourth-order valence-corrected chi connectivity index (χ4v) is 6.34. The van der Waals surface area contributed by atoms with E-state index in [9.17, 15) is 0 Å². The van der Waals surface area contributed by atoms with E-state index >= 15 is 0 Å². The van der Waals surface area contributed by atoms with Crippen LogP contribution in [0.25, 0.3) is 16.7 Å². The number of fused-ring (bicyclic) bond motifs is 3. The Bertz CT molecular complexity index is 1140. The third kappa shape index (κ3) is 6.84. The van der Waals surface area contributed by atoms with Gasteiger partial charge in [0.1, 0.15) is 0 Å². The number of hydrogen-bond acceptors (Lipinski definition) is 0. The predicted octanol–water partition coefficient (Wildman–Crippen LogP) is 11.1. The average molecular weight is 493 g/mol.